The lowest BCUT2D eigenvalue weighted by Crippen LogP contribution is -2.43. The Morgan fingerprint density at radius 3 is 1.23 bits per heavy atom. The molecule has 0 aromatic carbocycles. The van der Waals surface area contributed by atoms with Crippen LogP contribution in [0.25, 0.3) is 0 Å². The zero-order valence-corrected chi connectivity index (χ0v) is 45.8. The number of unbranched alkanes of at least 4 members (excludes halogenated alkanes) is 16. The SMILES string of the molecule is CCCCCCCCCCCCCCCCCCC(=O)N[C@@H](CCC(=O)NCCOCCOCC(=O)NCCOCCOCC(=O)N[C@@H](CCC(=O)NCCCC(=O)NCCCC[C@H](NC)C(C)=O)C(=O)O)C(=O)O. The summed E-state index contributed by atoms with van der Waals surface area (Å²) in [5.41, 5.74) is 0. The van der Waals surface area contributed by atoms with Gasteiger partial charge in [-0.3, -0.25) is 33.6 Å². The number of aliphatic carboxylic acids is 2. The zero-order valence-electron chi connectivity index (χ0n) is 45.8. The van der Waals surface area contributed by atoms with Crippen LogP contribution in [0.1, 0.15) is 181 Å². The second-order valence-corrected chi connectivity index (χ2v) is 18.8. The van der Waals surface area contributed by atoms with E-state index in [1.165, 1.54) is 84.0 Å². The van der Waals surface area contributed by atoms with E-state index in [0.717, 1.165) is 32.1 Å². The fraction of sp³-hybridized carbons (Fsp3) is 0.830. The number of ketones is 1. The summed E-state index contributed by atoms with van der Waals surface area (Å²) in [7, 11) is 1.74. The summed E-state index contributed by atoms with van der Waals surface area (Å²) in [6.07, 6.45) is 22.4. The van der Waals surface area contributed by atoms with Gasteiger partial charge < -0.3 is 66.4 Å². The van der Waals surface area contributed by atoms with Crippen LogP contribution in [0, 0.1) is 0 Å². The molecule has 0 rings (SSSR count). The molecule has 0 aromatic rings. The van der Waals surface area contributed by atoms with Gasteiger partial charge in [0.05, 0.1) is 45.7 Å². The van der Waals surface area contributed by atoms with Gasteiger partial charge in [-0.15, -0.1) is 0 Å². The molecule has 0 aliphatic carbocycles. The maximum absolute atomic E-state index is 12.4. The van der Waals surface area contributed by atoms with Crippen molar-refractivity contribution in [1.82, 2.24) is 37.2 Å². The largest absolute Gasteiger partial charge is 0.480 e. The van der Waals surface area contributed by atoms with Crippen LogP contribution >= 0.6 is 0 Å². The van der Waals surface area contributed by atoms with Crippen LogP contribution in [-0.2, 0) is 62.1 Å². The summed E-state index contributed by atoms with van der Waals surface area (Å²) in [6, 6.07) is -2.64. The van der Waals surface area contributed by atoms with E-state index in [4.69, 9.17) is 18.9 Å². The highest BCUT2D eigenvalue weighted by molar-refractivity contribution is 5.86. The summed E-state index contributed by atoms with van der Waals surface area (Å²) in [5, 5.41) is 37.6. The number of ether oxygens (including phenoxy) is 4. The van der Waals surface area contributed by atoms with E-state index >= 15 is 0 Å². The third-order valence-electron chi connectivity index (χ3n) is 12.2. The smallest absolute Gasteiger partial charge is 0.326 e. The topological polar surface area (TPSA) is 315 Å². The number of Topliss-reactive ketones (excluding diaryl/α,β-unsaturated/α-hetero) is 1. The highest BCUT2D eigenvalue weighted by Gasteiger charge is 2.22. The monoisotopic (exact) mass is 1070 g/mol. The molecule has 3 atom stereocenters. The molecule has 22 heteroatoms. The summed E-state index contributed by atoms with van der Waals surface area (Å²) < 4.78 is 21.3. The molecule has 0 aromatic heterocycles. The Labute approximate surface area is 446 Å². The van der Waals surface area contributed by atoms with E-state index < -0.39 is 42.4 Å². The molecule has 0 fully saturated rings. The molecule has 0 saturated heterocycles. The molecular formula is C53H97N7O15. The summed E-state index contributed by atoms with van der Waals surface area (Å²) in [5.74, 6) is -4.74. The lowest BCUT2D eigenvalue weighted by Gasteiger charge is -2.14. The Morgan fingerprint density at radius 1 is 0.373 bits per heavy atom. The number of likely N-dealkylation sites (N-methyl/N-ethyl adjacent to an activating group) is 1. The minimum atomic E-state index is -1.31. The van der Waals surface area contributed by atoms with Gasteiger partial charge in [-0.2, -0.15) is 0 Å². The molecule has 9 N–H and O–H groups in total. The summed E-state index contributed by atoms with van der Waals surface area (Å²) >= 11 is 0. The molecule has 0 aliphatic rings. The third-order valence-corrected chi connectivity index (χ3v) is 12.2. The molecule has 0 aliphatic heterocycles. The van der Waals surface area contributed by atoms with Crippen LogP contribution in [0.2, 0.25) is 0 Å². The van der Waals surface area contributed by atoms with Gasteiger partial charge in [0.25, 0.3) is 0 Å². The Bertz CT molecular complexity index is 1570. The van der Waals surface area contributed by atoms with Gasteiger partial charge in [0, 0.05) is 51.9 Å². The number of carbonyl (C=O) groups is 9. The van der Waals surface area contributed by atoms with Crippen molar-refractivity contribution in [3.8, 4) is 0 Å². The Kier molecular flexibility index (Phi) is 46.9. The normalized spacial score (nSPS) is 12.3. The molecule has 0 bridgehead atoms. The standard InChI is InChI=1S/C53H97N7O15/c1-4-5-6-7-8-9-10-11-12-13-14-15-16-17-18-19-24-49(65)59-44(52(68)69)26-29-48(64)57-32-34-72-36-38-74-40-50(66)58-33-35-73-37-39-75-41-51(67)60-45(53(70)71)27-28-47(63)56-31-22-25-46(62)55-30-21-20-23-43(54-3)42(2)61/h43-45,54H,4-41H2,1-3H3,(H,55,62)(H,56,63)(H,57,64)(H,58,66)(H,59,65)(H,60,67)(H,68,69)(H,70,71)/t43-,44-,45-/m0/s1. The van der Waals surface area contributed by atoms with Gasteiger partial charge >= 0.3 is 11.9 Å². The summed E-state index contributed by atoms with van der Waals surface area (Å²) in [4.78, 5) is 108. The van der Waals surface area contributed by atoms with Crippen molar-refractivity contribution in [2.24, 2.45) is 0 Å². The maximum Gasteiger partial charge on any atom is 0.326 e. The van der Waals surface area contributed by atoms with E-state index in [0.29, 0.717) is 25.8 Å². The van der Waals surface area contributed by atoms with Gasteiger partial charge in [-0.1, -0.05) is 103 Å². The number of amides is 6. The maximum atomic E-state index is 12.4. The van der Waals surface area contributed by atoms with Crippen molar-refractivity contribution in [3.05, 3.63) is 0 Å². The number of carboxylic acids is 2. The highest BCUT2D eigenvalue weighted by Crippen LogP contribution is 2.14. The first-order valence-corrected chi connectivity index (χ1v) is 27.8. The van der Waals surface area contributed by atoms with E-state index in [1.54, 1.807) is 7.05 Å². The van der Waals surface area contributed by atoms with Gasteiger partial charge in [-0.25, -0.2) is 9.59 Å². The molecule has 0 radical (unpaired) electrons. The molecule has 75 heavy (non-hydrogen) atoms. The Morgan fingerprint density at radius 2 is 0.760 bits per heavy atom. The lowest BCUT2D eigenvalue weighted by molar-refractivity contribution is -0.143. The Balaban J connectivity index is 3.83. The van der Waals surface area contributed by atoms with Gasteiger partial charge in [-0.05, 0) is 58.9 Å². The molecule has 6 amide bonds. The average molecular weight is 1070 g/mol. The first-order valence-electron chi connectivity index (χ1n) is 27.8. The Hall–Kier alpha value is -4.77. The van der Waals surface area contributed by atoms with Gasteiger partial charge in [0.1, 0.15) is 31.1 Å². The molecule has 0 saturated carbocycles. The predicted octanol–water partition coefficient (Wildman–Crippen LogP) is 4.00. The van der Waals surface area contributed by atoms with Crippen molar-refractivity contribution in [3.63, 3.8) is 0 Å². The number of hydrogen-bond donors (Lipinski definition) is 9. The van der Waals surface area contributed by atoms with Gasteiger partial charge in [0.2, 0.25) is 35.4 Å². The van der Waals surface area contributed by atoms with Crippen LogP contribution in [0.15, 0.2) is 0 Å². The lowest BCUT2D eigenvalue weighted by atomic mass is 10.0. The van der Waals surface area contributed by atoms with Crippen LogP contribution in [0.4, 0.5) is 0 Å². The van der Waals surface area contributed by atoms with Crippen LogP contribution in [0.3, 0.4) is 0 Å². The van der Waals surface area contributed by atoms with Crippen molar-refractivity contribution in [1.29, 1.82) is 0 Å². The number of rotatable bonds is 54. The second-order valence-electron chi connectivity index (χ2n) is 18.8. The van der Waals surface area contributed by atoms with E-state index in [9.17, 15) is 53.4 Å². The number of nitrogens with one attached hydrogen (secondary N) is 7. The molecule has 0 heterocycles. The van der Waals surface area contributed by atoms with Crippen LogP contribution in [0.5, 0.6) is 0 Å². The molecule has 434 valence electrons. The van der Waals surface area contributed by atoms with Crippen molar-refractivity contribution in [2.45, 2.75) is 199 Å². The fourth-order valence-electron chi connectivity index (χ4n) is 7.74. The first kappa shape index (κ1) is 70.2. The van der Waals surface area contributed by atoms with Crippen molar-refractivity contribution >= 4 is 53.2 Å². The van der Waals surface area contributed by atoms with E-state index in [-0.39, 0.29) is 140 Å². The van der Waals surface area contributed by atoms with Gasteiger partial charge in [0.15, 0.2) is 0 Å². The predicted molar refractivity (Wildman–Crippen MR) is 284 cm³/mol. The van der Waals surface area contributed by atoms with Crippen molar-refractivity contribution in [2.75, 3.05) is 86.1 Å². The highest BCUT2D eigenvalue weighted by atomic mass is 16.5. The van der Waals surface area contributed by atoms with Crippen molar-refractivity contribution < 1.29 is 72.3 Å². The first-order chi connectivity index (χ1) is 36.2. The molecule has 0 unspecified atom stereocenters. The summed E-state index contributed by atoms with van der Waals surface area (Å²) in [6.45, 7) is 4.96. The third kappa shape index (κ3) is 46.3. The minimum Gasteiger partial charge on any atom is -0.480 e. The second kappa shape index (κ2) is 50.1. The van der Waals surface area contributed by atoms with E-state index in [1.807, 2.05) is 0 Å². The zero-order chi connectivity index (χ0) is 55.6. The molecule has 0 spiro atoms. The minimum absolute atomic E-state index is 0.0229. The fourth-order valence-corrected chi connectivity index (χ4v) is 7.74. The average Bonchev–Trinajstić information content (AvgIpc) is 3.37. The number of carboxylic acid groups (broad SMARTS) is 2. The number of hydrogen-bond acceptors (Lipinski definition) is 14. The number of carbonyl (C=O) groups excluding carboxylic acids is 7. The van der Waals surface area contributed by atoms with Crippen LogP contribution in [-0.4, -0.2) is 168 Å². The quantitative estimate of drug-likeness (QED) is 0.0389. The van der Waals surface area contributed by atoms with E-state index in [2.05, 4.69) is 44.1 Å². The van der Waals surface area contributed by atoms with Crippen LogP contribution < -0.4 is 37.2 Å². The molecular weight excluding hydrogens is 975 g/mol. The molecule has 22 nitrogen and oxygen atoms in total.